The Morgan fingerprint density at radius 2 is 2.07 bits per heavy atom. The second-order valence-electron chi connectivity index (χ2n) is 6.84. The predicted molar refractivity (Wildman–Crippen MR) is 119 cm³/mol. The van der Waals surface area contributed by atoms with Gasteiger partial charge in [0.2, 0.25) is 5.91 Å². The van der Waals surface area contributed by atoms with Gasteiger partial charge in [-0.1, -0.05) is 42.3 Å². The van der Waals surface area contributed by atoms with Crippen LogP contribution in [-0.2, 0) is 17.8 Å². The van der Waals surface area contributed by atoms with Crippen molar-refractivity contribution in [3.8, 4) is 12.3 Å². The van der Waals surface area contributed by atoms with E-state index in [1.807, 2.05) is 60.0 Å². The molecule has 4 rings (SSSR count). The smallest absolute Gasteiger partial charge is 0.323 e. The molecule has 0 radical (unpaired) electrons. The van der Waals surface area contributed by atoms with Crippen molar-refractivity contribution < 1.29 is 9.59 Å². The maximum atomic E-state index is 13.3. The lowest BCUT2D eigenvalue weighted by Crippen LogP contribution is -2.32. The van der Waals surface area contributed by atoms with Crippen LogP contribution in [0.25, 0.3) is 0 Å². The van der Waals surface area contributed by atoms with Gasteiger partial charge in [0, 0.05) is 29.7 Å². The third kappa shape index (κ3) is 4.34. The number of rotatable bonds is 6. The minimum atomic E-state index is -0.154. The molecule has 0 spiro atoms. The van der Waals surface area contributed by atoms with Crippen LogP contribution in [0.4, 0.5) is 15.6 Å². The molecular weight excluding hydrogens is 396 g/mol. The summed E-state index contributed by atoms with van der Waals surface area (Å²) >= 11 is 1.37. The zero-order chi connectivity index (χ0) is 20.9. The average Bonchev–Trinajstić information content (AvgIpc) is 3.41. The molecule has 0 aliphatic carbocycles. The zero-order valence-electron chi connectivity index (χ0n) is 16.2. The van der Waals surface area contributed by atoms with E-state index in [0.29, 0.717) is 36.0 Å². The van der Waals surface area contributed by atoms with E-state index in [-0.39, 0.29) is 18.4 Å². The number of aromatic nitrogens is 1. The molecule has 1 aromatic heterocycles. The van der Waals surface area contributed by atoms with Crippen LogP contribution in [-0.4, -0.2) is 30.0 Å². The second-order valence-corrected chi connectivity index (χ2v) is 7.68. The van der Waals surface area contributed by atoms with Gasteiger partial charge in [0.15, 0.2) is 5.13 Å². The maximum absolute atomic E-state index is 13.3. The molecule has 1 saturated heterocycles. The van der Waals surface area contributed by atoms with Crippen LogP contribution in [0.3, 0.4) is 0 Å². The number of nitrogens with zero attached hydrogens (tertiary/aromatic N) is 3. The van der Waals surface area contributed by atoms with E-state index in [1.54, 1.807) is 9.80 Å². The minimum Gasteiger partial charge on any atom is -0.336 e. The van der Waals surface area contributed by atoms with E-state index in [9.17, 15) is 9.59 Å². The average molecular weight is 417 g/mol. The molecule has 2 heterocycles. The zero-order valence-corrected chi connectivity index (χ0v) is 17.1. The number of anilines is 2. The Labute approximate surface area is 179 Å². The van der Waals surface area contributed by atoms with Crippen molar-refractivity contribution in [3.63, 3.8) is 0 Å². The van der Waals surface area contributed by atoms with Gasteiger partial charge >= 0.3 is 6.03 Å². The molecule has 3 aromatic rings. The van der Waals surface area contributed by atoms with E-state index in [0.717, 1.165) is 11.3 Å². The van der Waals surface area contributed by atoms with Gasteiger partial charge < -0.3 is 10.2 Å². The summed E-state index contributed by atoms with van der Waals surface area (Å²) in [6, 6.07) is 17.1. The number of urea groups is 1. The molecule has 1 aliphatic heterocycles. The molecule has 7 heteroatoms. The van der Waals surface area contributed by atoms with Crippen molar-refractivity contribution in [2.45, 2.75) is 13.0 Å². The molecular formula is C23H20N4O2S. The fourth-order valence-corrected chi connectivity index (χ4v) is 4.11. The van der Waals surface area contributed by atoms with Crippen LogP contribution < -0.4 is 15.1 Å². The first-order valence-electron chi connectivity index (χ1n) is 9.55. The number of terminal acetylenes is 1. The van der Waals surface area contributed by atoms with Crippen LogP contribution >= 0.6 is 11.3 Å². The van der Waals surface area contributed by atoms with E-state index >= 15 is 0 Å². The van der Waals surface area contributed by atoms with Gasteiger partial charge in [-0.25, -0.2) is 9.78 Å². The fourth-order valence-electron chi connectivity index (χ4n) is 3.26. The molecule has 30 heavy (non-hydrogen) atoms. The lowest BCUT2D eigenvalue weighted by molar-refractivity contribution is -0.118. The summed E-state index contributed by atoms with van der Waals surface area (Å²) in [5.41, 5.74) is 3.12. The van der Waals surface area contributed by atoms with E-state index in [2.05, 4.69) is 16.2 Å². The summed E-state index contributed by atoms with van der Waals surface area (Å²) < 4.78 is 0. The van der Waals surface area contributed by atoms with Crippen LogP contribution in [0.1, 0.15) is 16.8 Å². The normalized spacial score (nSPS) is 13.0. The third-order valence-electron chi connectivity index (χ3n) is 4.77. The Morgan fingerprint density at radius 1 is 1.23 bits per heavy atom. The van der Waals surface area contributed by atoms with Crippen molar-refractivity contribution in [2.24, 2.45) is 0 Å². The Kier molecular flexibility index (Phi) is 5.77. The van der Waals surface area contributed by atoms with E-state index in [4.69, 9.17) is 6.42 Å². The molecule has 1 fully saturated rings. The molecule has 6 nitrogen and oxygen atoms in total. The number of benzene rings is 2. The summed E-state index contributed by atoms with van der Waals surface area (Å²) in [6.45, 7) is 1.61. The Bertz CT molecular complexity index is 1100. The molecule has 3 amide bonds. The number of carbonyl (C=O) groups is 2. The highest BCUT2D eigenvalue weighted by atomic mass is 32.1. The monoisotopic (exact) mass is 416 g/mol. The summed E-state index contributed by atoms with van der Waals surface area (Å²) in [6.07, 6.45) is 5.68. The highest BCUT2D eigenvalue weighted by Crippen LogP contribution is 2.24. The summed E-state index contributed by atoms with van der Waals surface area (Å²) in [7, 11) is 0. The van der Waals surface area contributed by atoms with Gasteiger partial charge in [-0.2, -0.15) is 0 Å². The van der Waals surface area contributed by atoms with Crippen molar-refractivity contribution in [1.29, 1.82) is 0 Å². The first kappa shape index (κ1) is 19.7. The van der Waals surface area contributed by atoms with E-state index < -0.39 is 0 Å². The predicted octanol–water partition coefficient (Wildman–Crippen LogP) is 3.43. The lowest BCUT2D eigenvalue weighted by Gasteiger charge is -2.23. The number of hydrogen-bond donors (Lipinski definition) is 1. The van der Waals surface area contributed by atoms with Gasteiger partial charge in [-0.15, -0.1) is 17.8 Å². The quantitative estimate of drug-likeness (QED) is 0.626. The molecule has 150 valence electrons. The van der Waals surface area contributed by atoms with Gasteiger partial charge in [0.25, 0.3) is 0 Å². The van der Waals surface area contributed by atoms with Crippen molar-refractivity contribution in [1.82, 2.24) is 10.3 Å². The SMILES string of the molecule is C#Cc1cccc(N(Cc2ccccc2)C(=O)Cc2csc(N3CCNC3=O)n2)c1. The Morgan fingerprint density at radius 3 is 2.80 bits per heavy atom. The number of thiazole rings is 1. The Balaban J connectivity index is 1.57. The van der Waals surface area contributed by atoms with Gasteiger partial charge in [0.1, 0.15) is 0 Å². The summed E-state index contributed by atoms with van der Waals surface area (Å²) in [5.74, 6) is 2.53. The molecule has 1 N–H and O–H groups in total. The first-order chi connectivity index (χ1) is 14.6. The molecule has 0 atom stereocenters. The third-order valence-corrected chi connectivity index (χ3v) is 5.68. The molecule has 0 saturated carbocycles. The van der Waals surface area contributed by atoms with Crippen LogP contribution in [0.15, 0.2) is 60.0 Å². The van der Waals surface area contributed by atoms with Crippen LogP contribution in [0.5, 0.6) is 0 Å². The standard InChI is InChI=1S/C23H20N4O2S/c1-2-17-9-6-10-20(13-17)27(15-18-7-4-3-5-8-18)21(28)14-19-16-30-23(25-19)26-12-11-24-22(26)29/h1,3-10,13,16H,11-12,14-15H2,(H,24,29). The fraction of sp³-hybridized carbons (Fsp3) is 0.174. The Hall–Kier alpha value is -3.63. The number of nitrogens with one attached hydrogen (secondary N) is 1. The number of carbonyl (C=O) groups excluding carboxylic acids is 2. The molecule has 2 aromatic carbocycles. The molecule has 0 bridgehead atoms. The maximum Gasteiger partial charge on any atom is 0.323 e. The minimum absolute atomic E-state index is 0.0873. The van der Waals surface area contributed by atoms with Gasteiger partial charge in [0.05, 0.1) is 18.7 Å². The largest absolute Gasteiger partial charge is 0.336 e. The molecule has 0 unspecified atom stereocenters. The second kappa shape index (κ2) is 8.80. The van der Waals surface area contributed by atoms with Gasteiger partial charge in [-0.05, 0) is 23.8 Å². The van der Waals surface area contributed by atoms with Crippen molar-refractivity contribution in [2.75, 3.05) is 22.9 Å². The first-order valence-corrected chi connectivity index (χ1v) is 10.4. The van der Waals surface area contributed by atoms with Crippen LogP contribution in [0.2, 0.25) is 0 Å². The highest BCUT2D eigenvalue weighted by Gasteiger charge is 2.25. The highest BCUT2D eigenvalue weighted by molar-refractivity contribution is 7.14. The lowest BCUT2D eigenvalue weighted by atomic mass is 10.1. The van der Waals surface area contributed by atoms with E-state index in [1.165, 1.54) is 11.3 Å². The van der Waals surface area contributed by atoms with Crippen molar-refractivity contribution in [3.05, 3.63) is 76.8 Å². The number of hydrogen-bond acceptors (Lipinski definition) is 4. The van der Waals surface area contributed by atoms with Gasteiger partial charge in [-0.3, -0.25) is 9.69 Å². The summed E-state index contributed by atoms with van der Waals surface area (Å²) in [4.78, 5) is 32.9. The number of amides is 3. The van der Waals surface area contributed by atoms with Crippen molar-refractivity contribution >= 4 is 34.1 Å². The topological polar surface area (TPSA) is 65.5 Å². The molecule has 1 aliphatic rings. The van der Waals surface area contributed by atoms with Crippen LogP contribution in [0, 0.1) is 12.3 Å². The summed E-state index contributed by atoms with van der Waals surface area (Å²) in [5, 5.41) is 5.20.